The highest BCUT2D eigenvalue weighted by molar-refractivity contribution is 5.31. The lowest BCUT2D eigenvalue weighted by Crippen LogP contribution is -2.49. The van der Waals surface area contributed by atoms with Crippen molar-refractivity contribution in [1.82, 2.24) is 4.90 Å². The summed E-state index contributed by atoms with van der Waals surface area (Å²) in [7, 11) is 0. The van der Waals surface area contributed by atoms with Crippen LogP contribution in [-0.4, -0.2) is 32.8 Å². The molecule has 0 amide bonds. The van der Waals surface area contributed by atoms with Gasteiger partial charge >= 0.3 is 0 Å². The van der Waals surface area contributed by atoms with Crippen molar-refractivity contribution in [3.05, 3.63) is 42.1 Å². The lowest BCUT2D eigenvalue weighted by molar-refractivity contribution is -0.0352. The Morgan fingerprint density at radius 3 is 2.24 bits per heavy atom. The molecule has 1 unspecified atom stereocenters. The molecule has 1 aromatic rings. The smallest absolute Gasteiger partial charge is 0.115 e. The van der Waals surface area contributed by atoms with E-state index in [2.05, 4.69) is 39.2 Å². The molecule has 3 nitrogen and oxygen atoms in total. The van der Waals surface area contributed by atoms with Crippen LogP contribution in [0.2, 0.25) is 0 Å². The first-order valence-corrected chi connectivity index (χ1v) is 9.64. The molecule has 1 atom stereocenters. The maximum atomic E-state index is 11.5. The summed E-state index contributed by atoms with van der Waals surface area (Å²) in [5.41, 5.74) is 1.44. The van der Waals surface area contributed by atoms with Crippen molar-refractivity contribution in [2.24, 2.45) is 0 Å². The van der Waals surface area contributed by atoms with Crippen LogP contribution >= 0.6 is 0 Å². The Balaban J connectivity index is 2.40. The predicted molar refractivity (Wildman–Crippen MR) is 105 cm³/mol. The first-order chi connectivity index (χ1) is 11.7. The Hall–Kier alpha value is -1.48. The Morgan fingerprint density at radius 1 is 1.20 bits per heavy atom. The molecule has 1 fully saturated rings. The van der Waals surface area contributed by atoms with E-state index in [4.69, 9.17) is 0 Å². The van der Waals surface area contributed by atoms with Crippen molar-refractivity contribution in [2.75, 3.05) is 6.54 Å². The Kier molecular flexibility index (Phi) is 6.21. The van der Waals surface area contributed by atoms with E-state index in [1.54, 1.807) is 12.1 Å². The number of hydrogen-bond donors (Lipinski definition) is 2. The van der Waals surface area contributed by atoms with E-state index in [0.717, 1.165) is 49.9 Å². The molecule has 140 valence electrons. The Labute approximate surface area is 153 Å². The Morgan fingerprint density at radius 2 is 1.76 bits per heavy atom. The van der Waals surface area contributed by atoms with Gasteiger partial charge in [-0.15, -0.1) is 0 Å². The average Bonchev–Trinajstić information content (AvgIpc) is 2.56. The fourth-order valence-corrected chi connectivity index (χ4v) is 4.10. The van der Waals surface area contributed by atoms with E-state index >= 15 is 0 Å². The van der Waals surface area contributed by atoms with Crippen LogP contribution in [0.5, 0.6) is 5.75 Å². The fraction of sp³-hybridized carbons (Fsp3) is 0.636. The summed E-state index contributed by atoms with van der Waals surface area (Å²) in [4.78, 5) is 2.34. The minimum Gasteiger partial charge on any atom is -0.508 e. The largest absolute Gasteiger partial charge is 0.508 e. The minimum atomic E-state index is -0.688. The monoisotopic (exact) mass is 345 g/mol. The molecule has 1 aliphatic rings. The standard InChI is InChI=1S/C22H35NO2/c1-6-21(4,5)23(17(2)3)16-20(18-10-12-19(24)13-11-18)22(25)14-8-7-9-15-22/h10-13,20,24-25H,2,6-9,14-16H2,1,3-5H3. The van der Waals surface area contributed by atoms with Crippen LogP contribution in [0.25, 0.3) is 0 Å². The lowest BCUT2D eigenvalue weighted by Gasteiger charge is -2.47. The molecule has 0 aromatic heterocycles. The van der Waals surface area contributed by atoms with Crippen molar-refractivity contribution < 1.29 is 10.2 Å². The van der Waals surface area contributed by atoms with Gasteiger partial charge in [0.15, 0.2) is 0 Å². The molecule has 1 aromatic carbocycles. The van der Waals surface area contributed by atoms with Gasteiger partial charge in [0.1, 0.15) is 5.75 Å². The van der Waals surface area contributed by atoms with Crippen LogP contribution < -0.4 is 0 Å². The van der Waals surface area contributed by atoms with Crippen molar-refractivity contribution in [2.45, 2.75) is 83.3 Å². The molecular weight excluding hydrogens is 310 g/mol. The quantitative estimate of drug-likeness (QED) is 0.714. The van der Waals surface area contributed by atoms with Gasteiger partial charge in [-0.1, -0.05) is 44.9 Å². The number of aromatic hydroxyl groups is 1. The highest BCUT2D eigenvalue weighted by Gasteiger charge is 2.41. The van der Waals surface area contributed by atoms with E-state index in [1.165, 1.54) is 6.42 Å². The van der Waals surface area contributed by atoms with E-state index < -0.39 is 5.60 Å². The van der Waals surface area contributed by atoms with Gasteiger partial charge in [-0.2, -0.15) is 0 Å². The molecule has 0 bridgehead atoms. The number of hydrogen-bond acceptors (Lipinski definition) is 3. The van der Waals surface area contributed by atoms with Gasteiger partial charge < -0.3 is 15.1 Å². The molecule has 0 aliphatic heterocycles. The number of phenolic OH excluding ortho intramolecular Hbond substituents is 1. The van der Waals surface area contributed by atoms with Crippen LogP contribution in [-0.2, 0) is 0 Å². The van der Waals surface area contributed by atoms with E-state index in [1.807, 2.05) is 12.1 Å². The highest BCUT2D eigenvalue weighted by atomic mass is 16.3. The maximum absolute atomic E-state index is 11.5. The van der Waals surface area contributed by atoms with Crippen molar-refractivity contribution >= 4 is 0 Å². The second kappa shape index (κ2) is 7.82. The summed E-state index contributed by atoms with van der Waals surface area (Å²) in [6.07, 6.45) is 6.06. The van der Waals surface area contributed by atoms with Gasteiger partial charge in [0, 0.05) is 23.7 Å². The summed E-state index contributed by atoms with van der Waals surface area (Å²) in [6.45, 7) is 13.7. The third-order valence-electron chi connectivity index (χ3n) is 6.09. The van der Waals surface area contributed by atoms with Gasteiger partial charge in [-0.05, 0) is 57.7 Å². The molecule has 1 saturated carbocycles. The highest BCUT2D eigenvalue weighted by Crippen LogP contribution is 2.42. The van der Waals surface area contributed by atoms with Crippen LogP contribution in [0.15, 0.2) is 36.5 Å². The van der Waals surface area contributed by atoms with Crippen molar-refractivity contribution in [3.8, 4) is 5.75 Å². The third-order valence-corrected chi connectivity index (χ3v) is 6.09. The third kappa shape index (κ3) is 4.58. The fourth-order valence-electron chi connectivity index (χ4n) is 4.10. The molecule has 25 heavy (non-hydrogen) atoms. The van der Waals surface area contributed by atoms with E-state index in [0.29, 0.717) is 0 Å². The van der Waals surface area contributed by atoms with E-state index in [-0.39, 0.29) is 17.2 Å². The Bertz CT molecular complexity index is 570. The second-order valence-electron chi connectivity index (χ2n) is 8.32. The first-order valence-electron chi connectivity index (χ1n) is 9.64. The number of benzene rings is 1. The van der Waals surface area contributed by atoms with Crippen molar-refractivity contribution in [1.29, 1.82) is 0 Å². The molecule has 1 aliphatic carbocycles. The van der Waals surface area contributed by atoms with Crippen LogP contribution in [0.3, 0.4) is 0 Å². The molecule has 0 heterocycles. The molecule has 3 heteroatoms. The zero-order valence-electron chi connectivity index (χ0n) is 16.4. The summed E-state index contributed by atoms with van der Waals surface area (Å²) < 4.78 is 0. The predicted octanol–water partition coefficient (Wildman–Crippen LogP) is 5.20. The zero-order chi connectivity index (χ0) is 18.7. The maximum Gasteiger partial charge on any atom is 0.115 e. The van der Waals surface area contributed by atoms with Gasteiger partial charge in [0.2, 0.25) is 0 Å². The van der Waals surface area contributed by atoms with Crippen LogP contribution in [0.1, 0.15) is 77.7 Å². The summed E-state index contributed by atoms with van der Waals surface area (Å²) in [5.74, 6) is 0.278. The number of phenols is 1. The molecule has 2 rings (SSSR count). The number of rotatable bonds is 7. The minimum absolute atomic E-state index is 0.00791. The van der Waals surface area contributed by atoms with Gasteiger partial charge in [0.25, 0.3) is 0 Å². The number of aliphatic hydroxyl groups is 1. The van der Waals surface area contributed by atoms with Gasteiger partial charge in [-0.3, -0.25) is 0 Å². The summed E-state index contributed by atoms with van der Waals surface area (Å²) in [5, 5.41) is 21.2. The van der Waals surface area contributed by atoms with Gasteiger partial charge in [0.05, 0.1) is 5.60 Å². The first kappa shape index (κ1) is 19.8. The van der Waals surface area contributed by atoms with Crippen LogP contribution in [0.4, 0.5) is 0 Å². The average molecular weight is 346 g/mol. The van der Waals surface area contributed by atoms with Crippen molar-refractivity contribution in [3.63, 3.8) is 0 Å². The SMILES string of the molecule is C=C(C)N(CC(c1ccc(O)cc1)C1(O)CCCCC1)C(C)(C)CC. The summed E-state index contributed by atoms with van der Waals surface area (Å²) >= 11 is 0. The molecule has 0 spiro atoms. The van der Waals surface area contributed by atoms with E-state index in [9.17, 15) is 10.2 Å². The second-order valence-corrected chi connectivity index (χ2v) is 8.32. The normalized spacial score (nSPS) is 18.6. The molecule has 2 N–H and O–H groups in total. The zero-order valence-corrected chi connectivity index (χ0v) is 16.4. The van der Waals surface area contributed by atoms with Gasteiger partial charge in [-0.25, -0.2) is 0 Å². The lowest BCUT2D eigenvalue weighted by atomic mass is 9.72. The molecule has 0 radical (unpaired) electrons. The summed E-state index contributed by atoms with van der Waals surface area (Å²) in [6, 6.07) is 7.37. The molecule has 0 saturated heterocycles. The topological polar surface area (TPSA) is 43.7 Å². The number of allylic oxidation sites excluding steroid dienone is 1. The van der Waals surface area contributed by atoms with Crippen LogP contribution in [0, 0.1) is 0 Å². The molecular formula is C22H35NO2. The number of nitrogens with zero attached hydrogens (tertiary/aromatic N) is 1.